The van der Waals surface area contributed by atoms with Crippen molar-refractivity contribution in [2.24, 2.45) is 11.1 Å². The van der Waals surface area contributed by atoms with E-state index in [-0.39, 0.29) is 23.2 Å². The number of hydrogen-bond donors (Lipinski definition) is 2. The van der Waals surface area contributed by atoms with Gasteiger partial charge in [-0.05, 0) is 23.1 Å². The highest BCUT2D eigenvalue weighted by molar-refractivity contribution is 5.76. The maximum atomic E-state index is 12.9. The molecule has 0 bridgehead atoms. The monoisotopic (exact) mass is 252 g/mol. The zero-order chi connectivity index (χ0) is 13.8. The number of nitrogens with two attached hydrogens (primary N) is 1. The van der Waals surface area contributed by atoms with Gasteiger partial charge in [0, 0.05) is 13.0 Å². The lowest BCUT2D eigenvalue weighted by atomic mass is 9.82. The Kier molecular flexibility index (Phi) is 4.84. The van der Waals surface area contributed by atoms with Crippen LogP contribution in [0.5, 0.6) is 0 Å². The molecular formula is C14H21FN2O. The van der Waals surface area contributed by atoms with Gasteiger partial charge in [-0.1, -0.05) is 32.9 Å². The molecular weight excluding hydrogens is 231 g/mol. The third-order valence-corrected chi connectivity index (χ3v) is 2.75. The molecule has 0 heterocycles. The van der Waals surface area contributed by atoms with Crippen LogP contribution in [0.1, 0.15) is 38.8 Å². The Morgan fingerprint density at radius 3 is 2.33 bits per heavy atom. The second-order valence-corrected chi connectivity index (χ2v) is 5.46. The number of carbonyl (C=O) groups is 1. The van der Waals surface area contributed by atoms with E-state index in [1.54, 1.807) is 12.1 Å². The molecule has 18 heavy (non-hydrogen) atoms. The number of amides is 1. The highest BCUT2D eigenvalue weighted by atomic mass is 19.1. The van der Waals surface area contributed by atoms with Crippen molar-refractivity contribution in [3.8, 4) is 0 Å². The Morgan fingerprint density at radius 1 is 1.33 bits per heavy atom. The number of halogens is 1. The Morgan fingerprint density at radius 2 is 1.89 bits per heavy atom. The summed E-state index contributed by atoms with van der Waals surface area (Å²) >= 11 is 0. The third-order valence-electron chi connectivity index (χ3n) is 2.75. The number of nitrogens with one attached hydrogen (secondary N) is 1. The number of carbonyl (C=O) groups excluding carboxylic acids is 1. The van der Waals surface area contributed by atoms with Gasteiger partial charge in [0.05, 0.1) is 6.04 Å². The first-order chi connectivity index (χ1) is 8.34. The summed E-state index contributed by atoms with van der Waals surface area (Å²) in [5.74, 6) is -0.360. The van der Waals surface area contributed by atoms with Crippen LogP contribution >= 0.6 is 0 Å². The van der Waals surface area contributed by atoms with Crippen molar-refractivity contribution >= 4 is 5.91 Å². The summed E-state index contributed by atoms with van der Waals surface area (Å²) in [4.78, 5) is 11.7. The van der Waals surface area contributed by atoms with Crippen LogP contribution < -0.4 is 11.1 Å². The molecule has 0 fully saturated rings. The van der Waals surface area contributed by atoms with Crippen LogP contribution in [-0.2, 0) is 4.79 Å². The van der Waals surface area contributed by atoms with Gasteiger partial charge in [0.15, 0.2) is 0 Å². The molecule has 0 aliphatic carbocycles. The first-order valence-electron chi connectivity index (χ1n) is 6.09. The molecule has 3 nitrogen and oxygen atoms in total. The van der Waals surface area contributed by atoms with Crippen LogP contribution in [0.4, 0.5) is 4.39 Å². The first-order valence-corrected chi connectivity index (χ1v) is 6.09. The fraction of sp³-hybridized carbons (Fsp3) is 0.500. The largest absolute Gasteiger partial charge is 0.349 e. The summed E-state index contributed by atoms with van der Waals surface area (Å²) in [7, 11) is 0. The SMILES string of the molecule is CC(C)(C)C(NC(=O)CCN)c1ccc(F)cc1. The maximum Gasteiger partial charge on any atom is 0.221 e. The van der Waals surface area contributed by atoms with E-state index in [0.717, 1.165) is 5.56 Å². The van der Waals surface area contributed by atoms with Crippen LogP contribution in [0.3, 0.4) is 0 Å². The normalized spacial score (nSPS) is 13.2. The zero-order valence-electron chi connectivity index (χ0n) is 11.2. The molecule has 1 aromatic carbocycles. The lowest BCUT2D eigenvalue weighted by Gasteiger charge is -2.32. The predicted molar refractivity (Wildman–Crippen MR) is 70.4 cm³/mol. The third kappa shape index (κ3) is 4.11. The molecule has 1 aromatic rings. The minimum Gasteiger partial charge on any atom is -0.349 e. The van der Waals surface area contributed by atoms with Gasteiger partial charge in [-0.3, -0.25) is 4.79 Å². The number of hydrogen-bond acceptors (Lipinski definition) is 2. The van der Waals surface area contributed by atoms with Crippen LogP contribution in [0, 0.1) is 11.2 Å². The molecule has 0 radical (unpaired) electrons. The Bertz CT molecular complexity index is 395. The Labute approximate surface area is 108 Å². The van der Waals surface area contributed by atoms with E-state index < -0.39 is 0 Å². The summed E-state index contributed by atoms with van der Waals surface area (Å²) < 4.78 is 12.9. The maximum absolute atomic E-state index is 12.9. The molecule has 0 aliphatic rings. The summed E-state index contributed by atoms with van der Waals surface area (Å²) in [6, 6.07) is 6.06. The van der Waals surface area contributed by atoms with Crippen molar-refractivity contribution in [1.29, 1.82) is 0 Å². The van der Waals surface area contributed by atoms with Gasteiger partial charge in [0.2, 0.25) is 5.91 Å². The molecule has 4 heteroatoms. The van der Waals surface area contributed by atoms with E-state index in [1.165, 1.54) is 12.1 Å². The zero-order valence-corrected chi connectivity index (χ0v) is 11.2. The molecule has 100 valence electrons. The van der Waals surface area contributed by atoms with Gasteiger partial charge in [0.25, 0.3) is 0 Å². The van der Waals surface area contributed by atoms with Gasteiger partial charge < -0.3 is 11.1 Å². The molecule has 0 spiro atoms. The van der Waals surface area contributed by atoms with Crippen molar-refractivity contribution in [2.75, 3.05) is 6.54 Å². The van der Waals surface area contributed by atoms with Crippen molar-refractivity contribution in [3.05, 3.63) is 35.6 Å². The Balaban J connectivity index is 2.92. The minimum atomic E-state index is -0.278. The average molecular weight is 252 g/mol. The first kappa shape index (κ1) is 14.6. The van der Waals surface area contributed by atoms with E-state index in [1.807, 2.05) is 20.8 Å². The van der Waals surface area contributed by atoms with Crippen LogP contribution in [0.25, 0.3) is 0 Å². The highest BCUT2D eigenvalue weighted by Crippen LogP contribution is 2.32. The predicted octanol–water partition coefficient (Wildman–Crippen LogP) is 2.38. The van der Waals surface area contributed by atoms with Gasteiger partial charge in [-0.15, -0.1) is 0 Å². The van der Waals surface area contributed by atoms with Crippen molar-refractivity contribution in [1.82, 2.24) is 5.32 Å². The van der Waals surface area contributed by atoms with Crippen molar-refractivity contribution in [2.45, 2.75) is 33.2 Å². The highest BCUT2D eigenvalue weighted by Gasteiger charge is 2.27. The summed E-state index contributed by atoms with van der Waals surface area (Å²) in [6.45, 7) is 6.42. The van der Waals surface area contributed by atoms with Gasteiger partial charge in [-0.2, -0.15) is 0 Å². The van der Waals surface area contributed by atoms with Gasteiger partial charge >= 0.3 is 0 Å². The molecule has 1 rings (SSSR count). The summed E-state index contributed by atoms with van der Waals surface area (Å²) in [5.41, 5.74) is 6.11. The van der Waals surface area contributed by atoms with E-state index in [4.69, 9.17) is 5.73 Å². The lowest BCUT2D eigenvalue weighted by molar-refractivity contribution is -0.122. The van der Waals surface area contributed by atoms with E-state index in [0.29, 0.717) is 13.0 Å². The molecule has 0 saturated heterocycles. The van der Waals surface area contributed by atoms with Crippen LogP contribution in [0.15, 0.2) is 24.3 Å². The molecule has 3 N–H and O–H groups in total. The number of benzene rings is 1. The van der Waals surface area contributed by atoms with E-state index in [9.17, 15) is 9.18 Å². The summed E-state index contributed by atoms with van der Waals surface area (Å²) in [5, 5.41) is 2.95. The molecule has 1 unspecified atom stereocenters. The smallest absolute Gasteiger partial charge is 0.221 e. The Hall–Kier alpha value is -1.42. The van der Waals surface area contributed by atoms with E-state index >= 15 is 0 Å². The molecule has 0 aliphatic heterocycles. The van der Waals surface area contributed by atoms with Crippen molar-refractivity contribution in [3.63, 3.8) is 0 Å². The molecule has 0 aromatic heterocycles. The quantitative estimate of drug-likeness (QED) is 0.864. The lowest BCUT2D eigenvalue weighted by Crippen LogP contribution is -2.37. The fourth-order valence-electron chi connectivity index (χ4n) is 1.82. The fourth-order valence-corrected chi connectivity index (χ4v) is 1.82. The number of rotatable bonds is 4. The minimum absolute atomic E-state index is 0.0817. The topological polar surface area (TPSA) is 55.1 Å². The molecule has 0 saturated carbocycles. The van der Waals surface area contributed by atoms with Crippen LogP contribution in [0.2, 0.25) is 0 Å². The average Bonchev–Trinajstić information content (AvgIpc) is 2.26. The molecule has 1 amide bonds. The second-order valence-electron chi connectivity index (χ2n) is 5.46. The van der Waals surface area contributed by atoms with Gasteiger partial charge in [-0.25, -0.2) is 4.39 Å². The van der Waals surface area contributed by atoms with Crippen LogP contribution in [-0.4, -0.2) is 12.5 Å². The standard InChI is InChI=1S/C14H21FN2O/c1-14(2,3)13(17-12(18)8-9-16)10-4-6-11(15)7-5-10/h4-7,13H,8-9,16H2,1-3H3,(H,17,18). The molecule has 1 atom stereocenters. The van der Waals surface area contributed by atoms with Crippen molar-refractivity contribution < 1.29 is 9.18 Å². The van der Waals surface area contributed by atoms with E-state index in [2.05, 4.69) is 5.32 Å². The summed E-state index contributed by atoms with van der Waals surface area (Å²) in [6.07, 6.45) is 0.299. The second kappa shape index (κ2) is 5.96. The van der Waals surface area contributed by atoms with Gasteiger partial charge in [0.1, 0.15) is 5.82 Å².